The van der Waals surface area contributed by atoms with Crippen LogP contribution in [-0.2, 0) is 22.6 Å². The maximum Gasteiger partial charge on any atom is 0.215 e. The van der Waals surface area contributed by atoms with Crippen molar-refractivity contribution >= 4 is 16.7 Å². The number of pyridine rings is 1. The molecule has 0 aliphatic carbocycles. The molecule has 0 spiro atoms. The van der Waals surface area contributed by atoms with Crippen LogP contribution in [0, 0.1) is 0 Å². The van der Waals surface area contributed by atoms with Gasteiger partial charge in [0.15, 0.2) is 0 Å². The van der Waals surface area contributed by atoms with Gasteiger partial charge in [0.2, 0.25) is 5.88 Å². The monoisotopic (exact) mass is 517 g/mol. The molecule has 1 N–H and O–H groups in total. The summed E-state index contributed by atoms with van der Waals surface area (Å²) < 4.78 is 22.6. The summed E-state index contributed by atoms with van der Waals surface area (Å²) >= 11 is 0. The number of benzene rings is 2. The van der Waals surface area contributed by atoms with E-state index in [4.69, 9.17) is 18.9 Å². The lowest BCUT2D eigenvalue weighted by Gasteiger charge is -2.26. The number of hydrogen-bond acceptors (Lipinski definition) is 8. The number of H-pyrrole nitrogens is 1. The second kappa shape index (κ2) is 13.2. The van der Waals surface area contributed by atoms with Crippen LogP contribution >= 0.6 is 0 Å². The van der Waals surface area contributed by atoms with E-state index < -0.39 is 0 Å². The van der Waals surface area contributed by atoms with E-state index in [1.165, 1.54) is 5.56 Å². The Morgan fingerprint density at radius 2 is 1.82 bits per heavy atom. The lowest BCUT2D eigenvalue weighted by Crippen LogP contribution is -2.38. The number of rotatable bonds is 13. The number of anilines is 1. The molecular weight excluding hydrogens is 482 g/mol. The summed E-state index contributed by atoms with van der Waals surface area (Å²) in [4.78, 5) is 16.6. The number of ether oxygens (including phenoxy) is 4. The van der Waals surface area contributed by atoms with E-state index in [1.807, 2.05) is 30.3 Å². The normalized spacial score (nSPS) is 14.0. The first-order chi connectivity index (χ1) is 18.8. The summed E-state index contributed by atoms with van der Waals surface area (Å²) in [6.45, 7) is 7.53. The van der Waals surface area contributed by atoms with Crippen LogP contribution in [0.1, 0.15) is 11.1 Å². The minimum Gasteiger partial charge on any atom is -0.497 e. The number of fused-ring (bicyclic) bond motifs is 1. The second-order valence-corrected chi connectivity index (χ2v) is 9.23. The maximum absolute atomic E-state index is 5.94. The molecule has 0 unspecified atom stereocenters. The number of methoxy groups -OCH3 is 1. The number of hydrogen-bond donors (Lipinski definition) is 1. The van der Waals surface area contributed by atoms with Gasteiger partial charge in [0.25, 0.3) is 0 Å². The van der Waals surface area contributed by atoms with Crippen molar-refractivity contribution in [2.45, 2.75) is 13.1 Å². The smallest absolute Gasteiger partial charge is 0.215 e. The Bertz CT molecular complexity index is 1290. The zero-order valence-electron chi connectivity index (χ0n) is 21.8. The number of imidazole rings is 1. The third-order valence-corrected chi connectivity index (χ3v) is 6.58. The van der Waals surface area contributed by atoms with Gasteiger partial charge in [0, 0.05) is 50.7 Å². The molecule has 3 heterocycles. The van der Waals surface area contributed by atoms with E-state index in [1.54, 1.807) is 19.6 Å². The third kappa shape index (κ3) is 7.22. The van der Waals surface area contributed by atoms with E-state index in [0.29, 0.717) is 38.8 Å². The van der Waals surface area contributed by atoms with Crippen molar-refractivity contribution in [2.75, 3.05) is 64.7 Å². The fourth-order valence-corrected chi connectivity index (χ4v) is 4.53. The lowest BCUT2D eigenvalue weighted by molar-refractivity contribution is 0.0168. The van der Waals surface area contributed by atoms with Gasteiger partial charge >= 0.3 is 0 Å². The maximum atomic E-state index is 5.94. The Labute approximate surface area is 223 Å². The Kier molecular flexibility index (Phi) is 9.04. The van der Waals surface area contributed by atoms with Gasteiger partial charge in [0.1, 0.15) is 12.4 Å². The molecule has 0 radical (unpaired) electrons. The van der Waals surface area contributed by atoms with Crippen LogP contribution in [0.4, 0.5) is 5.69 Å². The van der Waals surface area contributed by atoms with Crippen molar-refractivity contribution < 1.29 is 18.9 Å². The van der Waals surface area contributed by atoms with Crippen LogP contribution in [0.2, 0.25) is 0 Å². The first-order valence-corrected chi connectivity index (χ1v) is 13.0. The Morgan fingerprint density at radius 3 is 2.68 bits per heavy atom. The molecule has 5 rings (SSSR count). The minimum atomic E-state index is 0.450. The molecule has 0 amide bonds. The van der Waals surface area contributed by atoms with Gasteiger partial charge in [0.05, 0.1) is 50.9 Å². The van der Waals surface area contributed by atoms with E-state index in [-0.39, 0.29) is 0 Å². The van der Waals surface area contributed by atoms with Crippen molar-refractivity contribution in [1.29, 1.82) is 0 Å². The molecule has 1 saturated heterocycles. The van der Waals surface area contributed by atoms with Crippen LogP contribution in [0.3, 0.4) is 0 Å². The van der Waals surface area contributed by atoms with E-state index in [0.717, 1.165) is 60.9 Å². The highest BCUT2D eigenvalue weighted by molar-refractivity contribution is 5.75. The molecule has 0 saturated carbocycles. The molecule has 2 aromatic heterocycles. The molecule has 9 nitrogen and oxygen atoms in total. The largest absolute Gasteiger partial charge is 0.497 e. The molecule has 4 aromatic rings. The number of aromatic amines is 1. The number of nitrogens with one attached hydrogen (secondary N) is 1. The molecule has 1 aliphatic heterocycles. The number of aromatic nitrogens is 3. The topological polar surface area (TPSA) is 85.0 Å². The molecule has 200 valence electrons. The van der Waals surface area contributed by atoms with Crippen LogP contribution in [0.15, 0.2) is 67.1 Å². The van der Waals surface area contributed by atoms with Crippen LogP contribution < -0.4 is 14.4 Å². The first kappa shape index (κ1) is 26.0. The summed E-state index contributed by atoms with van der Waals surface area (Å²) in [7, 11) is 1.69. The molecule has 0 bridgehead atoms. The van der Waals surface area contributed by atoms with Crippen molar-refractivity contribution in [2.24, 2.45) is 0 Å². The van der Waals surface area contributed by atoms with Gasteiger partial charge in [-0.2, -0.15) is 0 Å². The van der Waals surface area contributed by atoms with Crippen molar-refractivity contribution in [3.05, 3.63) is 78.2 Å². The van der Waals surface area contributed by atoms with Gasteiger partial charge in [-0.3, -0.25) is 4.90 Å². The highest BCUT2D eigenvalue weighted by Gasteiger charge is 2.13. The number of morpholine rings is 1. The highest BCUT2D eigenvalue weighted by atomic mass is 16.5. The van der Waals surface area contributed by atoms with Gasteiger partial charge in [-0.05, 0) is 41.5 Å². The minimum absolute atomic E-state index is 0.450. The predicted octanol–water partition coefficient (Wildman–Crippen LogP) is 3.90. The third-order valence-electron chi connectivity index (χ3n) is 6.58. The van der Waals surface area contributed by atoms with Crippen molar-refractivity contribution in [1.82, 2.24) is 19.9 Å². The number of nitrogens with zero attached hydrogens (tertiary/aromatic N) is 4. The fourth-order valence-electron chi connectivity index (χ4n) is 4.53. The Hall–Kier alpha value is -3.66. The lowest BCUT2D eigenvalue weighted by atomic mass is 10.1. The molecule has 1 fully saturated rings. The van der Waals surface area contributed by atoms with E-state index >= 15 is 0 Å². The van der Waals surface area contributed by atoms with E-state index in [2.05, 4.69) is 49.0 Å². The first-order valence-electron chi connectivity index (χ1n) is 13.0. The van der Waals surface area contributed by atoms with Gasteiger partial charge in [-0.15, -0.1) is 0 Å². The van der Waals surface area contributed by atoms with E-state index in [9.17, 15) is 0 Å². The fraction of sp³-hybridized carbons (Fsp3) is 0.379. The SMILES string of the molecule is COc1cccc(CN(Cc2ccc3nc[nH]c3c2)c2ccnc(OCCOCCN3CCOCC3)c2)c1. The zero-order chi connectivity index (χ0) is 26.0. The van der Waals surface area contributed by atoms with Crippen LogP contribution in [0.5, 0.6) is 11.6 Å². The summed E-state index contributed by atoms with van der Waals surface area (Å²) in [6, 6.07) is 18.5. The Balaban J connectivity index is 1.22. The van der Waals surface area contributed by atoms with Crippen molar-refractivity contribution in [3.63, 3.8) is 0 Å². The summed E-state index contributed by atoms with van der Waals surface area (Å²) in [5.41, 5.74) is 5.34. The molecule has 1 aliphatic rings. The second-order valence-electron chi connectivity index (χ2n) is 9.23. The van der Waals surface area contributed by atoms with Gasteiger partial charge in [-0.25, -0.2) is 9.97 Å². The van der Waals surface area contributed by atoms with Crippen LogP contribution in [0.25, 0.3) is 11.0 Å². The van der Waals surface area contributed by atoms with Gasteiger partial charge < -0.3 is 28.8 Å². The molecule has 9 heteroatoms. The summed E-state index contributed by atoms with van der Waals surface area (Å²) in [5, 5.41) is 0. The zero-order valence-corrected chi connectivity index (χ0v) is 21.8. The molecule has 38 heavy (non-hydrogen) atoms. The Morgan fingerprint density at radius 1 is 0.947 bits per heavy atom. The van der Waals surface area contributed by atoms with Crippen LogP contribution in [-0.4, -0.2) is 79.6 Å². The van der Waals surface area contributed by atoms with Crippen molar-refractivity contribution in [3.8, 4) is 11.6 Å². The standard InChI is InChI=1S/C29H35N5O4/c1-35-26-4-2-3-23(17-26)20-34(21-24-5-6-27-28(18-24)32-22-31-27)25-7-8-30-29(19-25)38-16-15-37-14-11-33-9-12-36-13-10-33/h2-8,17-19,22H,9-16,20-21H2,1H3,(H,31,32). The summed E-state index contributed by atoms with van der Waals surface area (Å²) in [6.07, 6.45) is 3.52. The molecule has 0 atom stereocenters. The quantitative estimate of drug-likeness (QED) is 0.267. The average Bonchev–Trinajstić information content (AvgIpc) is 3.43. The highest BCUT2D eigenvalue weighted by Crippen LogP contribution is 2.25. The van der Waals surface area contributed by atoms with Gasteiger partial charge in [-0.1, -0.05) is 18.2 Å². The average molecular weight is 518 g/mol. The molecule has 2 aromatic carbocycles. The summed E-state index contributed by atoms with van der Waals surface area (Å²) in [5.74, 6) is 1.42. The molecular formula is C29H35N5O4. The predicted molar refractivity (Wildman–Crippen MR) is 147 cm³/mol.